The lowest BCUT2D eigenvalue weighted by molar-refractivity contribution is -0.131. The summed E-state index contributed by atoms with van der Waals surface area (Å²) < 4.78 is 5.44. The monoisotopic (exact) mass is 588 g/mol. The Morgan fingerprint density at radius 3 is 2.33 bits per heavy atom. The molecule has 9 nitrogen and oxygen atoms in total. The molecule has 9 heteroatoms. The first kappa shape index (κ1) is 31.8. The first-order valence-electron chi connectivity index (χ1n) is 15.4. The number of ether oxygens (including phenoxy) is 1. The number of carbonyl (C=O) groups excluding carboxylic acids is 4. The zero-order valence-corrected chi connectivity index (χ0v) is 25.1. The molecule has 0 bridgehead atoms. The summed E-state index contributed by atoms with van der Waals surface area (Å²) in [5, 5.41) is 9.47. The van der Waals surface area contributed by atoms with Crippen molar-refractivity contribution in [1.82, 2.24) is 20.9 Å². The highest BCUT2D eigenvalue weighted by Crippen LogP contribution is 2.28. The molecule has 3 aromatic rings. The summed E-state index contributed by atoms with van der Waals surface area (Å²) in [5.74, 6) is -0.354. The Morgan fingerprint density at radius 1 is 0.907 bits per heavy atom. The number of fused-ring (bicyclic) bond motifs is 1. The Bertz CT molecular complexity index is 1350. The van der Waals surface area contributed by atoms with E-state index in [1.807, 2.05) is 74.6 Å². The highest BCUT2D eigenvalue weighted by Gasteiger charge is 2.31. The number of rotatable bonds is 14. The third-order valence-electron chi connectivity index (χ3n) is 8.06. The fraction of sp³-hybridized carbons (Fsp3) is 0.471. The van der Waals surface area contributed by atoms with Crippen molar-refractivity contribution in [2.24, 2.45) is 11.8 Å². The smallest absolute Gasteiger partial charge is 0.408 e. The summed E-state index contributed by atoms with van der Waals surface area (Å²) in [7, 11) is 0. The van der Waals surface area contributed by atoms with E-state index in [0.717, 1.165) is 54.0 Å². The zero-order chi connectivity index (χ0) is 30.6. The van der Waals surface area contributed by atoms with Crippen LogP contribution in [0.15, 0.2) is 60.8 Å². The average molecular weight is 589 g/mol. The lowest BCUT2D eigenvalue weighted by Gasteiger charge is -2.29. The Labute approximate surface area is 253 Å². The molecule has 0 saturated heterocycles. The van der Waals surface area contributed by atoms with Gasteiger partial charge in [0.2, 0.25) is 11.8 Å². The second-order valence-electron chi connectivity index (χ2n) is 12.0. The number of alkyl carbamates (subject to hydrolysis) is 1. The molecule has 0 radical (unpaired) electrons. The number of benzene rings is 2. The minimum Gasteiger partial charge on any atom is -0.445 e. The van der Waals surface area contributed by atoms with Crippen molar-refractivity contribution in [3.63, 3.8) is 0 Å². The molecule has 4 rings (SSSR count). The summed E-state index contributed by atoms with van der Waals surface area (Å²) in [6.45, 7) is 4.04. The maximum atomic E-state index is 13.9. The predicted molar refractivity (Wildman–Crippen MR) is 166 cm³/mol. The number of carbonyl (C=O) groups is 4. The molecule has 2 aromatic carbocycles. The topological polar surface area (TPSA) is 129 Å². The van der Waals surface area contributed by atoms with E-state index in [-0.39, 0.29) is 24.9 Å². The van der Waals surface area contributed by atoms with E-state index in [0.29, 0.717) is 18.8 Å². The van der Waals surface area contributed by atoms with Crippen LogP contribution in [0.4, 0.5) is 4.79 Å². The van der Waals surface area contributed by atoms with Crippen LogP contribution in [0.25, 0.3) is 10.9 Å². The van der Waals surface area contributed by atoms with Gasteiger partial charge in [-0.25, -0.2) is 4.79 Å². The molecule has 43 heavy (non-hydrogen) atoms. The molecule has 0 unspecified atom stereocenters. The van der Waals surface area contributed by atoms with Gasteiger partial charge in [0.25, 0.3) is 0 Å². The highest BCUT2D eigenvalue weighted by atomic mass is 16.5. The molecule has 1 aliphatic carbocycles. The highest BCUT2D eigenvalue weighted by molar-refractivity contribution is 5.93. The van der Waals surface area contributed by atoms with Gasteiger partial charge >= 0.3 is 6.09 Å². The summed E-state index contributed by atoms with van der Waals surface area (Å²) in [6, 6.07) is 14.6. The SMILES string of the molecule is CC(C)C[C@@H](C=O)NC(=O)[C@H](CC1CCCCC1)NC(=O)[C@H](Cc1c[nH]c2ccccc12)NC(=O)OCc1ccccc1. The molecule has 1 saturated carbocycles. The molecular weight excluding hydrogens is 544 g/mol. The van der Waals surface area contributed by atoms with Crippen molar-refractivity contribution in [2.45, 2.75) is 89.9 Å². The van der Waals surface area contributed by atoms with Crippen LogP contribution < -0.4 is 16.0 Å². The lowest BCUT2D eigenvalue weighted by atomic mass is 9.84. The molecule has 0 spiro atoms. The number of para-hydroxylation sites is 1. The van der Waals surface area contributed by atoms with Crippen LogP contribution in [0.3, 0.4) is 0 Å². The van der Waals surface area contributed by atoms with E-state index in [2.05, 4.69) is 20.9 Å². The van der Waals surface area contributed by atoms with Crippen molar-refractivity contribution in [3.8, 4) is 0 Å². The van der Waals surface area contributed by atoms with Crippen LogP contribution in [0.5, 0.6) is 0 Å². The maximum Gasteiger partial charge on any atom is 0.408 e. The van der Waals surface area contributed by atoms with Crippen LogP contribution in [-0.4, -0.2) is 47.3 Å². The largest absolute Gasteiger partial charge is 0.445 e. The van der Waals surface area contributed by atoms with E-state index in [1.54, 1.807) is 0 Å². The Hall–Kier alpha value is -4.14. The van der Waals surface area contributed by atoms with Gasteiger partial charge in [-0.15, -0.1) is 0 Å². The summed E-state index contributed by atoms with van der Waals surface area (Å²) in [6.07, 6.45) is 8.37. The zero-order valence-electron chi connectivity index (χ0n) is 25.1. The Morgan fingerprint density at radius 2 is 1.60 bits per heavy atom. The van der Waals surface area contributed by atoms with Gasteiger partial charge in [-0.2, -0.15) is 0 Å². The minimum absolute atomic E-state index is 0.0593. The number of hydrogen-bond acceptors (Lipinski definition) is 5. The summed E-state index contributed by atoms with van der Waals surface area (Å²) in [4.78, 5) is 55.2. The van der Waals surface area contributed by atoms with Gasteiger partial charge < -0.3 is 30.5 Å². The van der Waals surface area contributed by atoms with E-state index in [4.69, 9.17) is 4.74 Å². The minimum atomic E-state index is -0.998. The maximum absolute atomic E-state index is 13.9. The molecule has 3 amide bonds. The third-order valence-corrected chi connectivity index (χ3v) is 8.06. The number of aromatic amines is 1. The Kier molecular flexibility index (Phi) is 11.8. The molecule has 0 aliphatic heterocycles. The van der Waals surface area contributed by atoms with Gasteiger partial charge in [0.05, 0.1) is 6.04 Å². The molecular formula is C34H44N4O5. The number of nitrogens with one attached hydrogen (secondary N) is 4. The van der Waals surface area contributed by atoms with Crippen LogP contribution in [0, 0.1) is 11.8 Å². The molecule has 1 fully saturated rings. The van der Waals surface area contributed by atoms with E-state index < -0.39 is 30.1 Å². The molecule has 1 aliphatic rings. The van der Waals surface area contributed by atoms with Crippen molar-refractivity contribution >= 4 is 35.1 Å². The summed E-state index contributed by atoms with van der Waals surface area (Å²) in [5.41, 5.74) is 2.60. The number of amides is 3. The number of aromatic nitrogens is 1. The van der Waals surface area contributed by atoms with Crippen molar-refractivity contribution in [1.29, 1.82) is 0 Å². The number of H-pyrrole nitrogens is 1. The van der Waals surface area contributed by atoms with E-state index in [9.17, 15) is 19.2 Å². The molecule has 1 heterocycles. The van der Waals surface area contributed by atoms with Crippen molar-refractivity contribution in [3.05, 3.63) is 71.9 Å². The van der Waals surface area contributed by atoms with Gasteiger partial charge in [-0.3, -0.25) is 9.59 Å². The van der Waals surface area contributed by atoms with Gasteiger partial charge in [0.1, 0.15) is 25.0 Å². The van der Waals surface area contributed by atoms with E-state index >= 15 is 0 Å². The normalized spacial score (nSPS) is 15.8. The third kappa shape index (κ3) is 9.70. The second-order valence-corrected chi connectivity index (χ2v) is 12.0. The molecule has 230 valence electrons. The number of hydrogen-bond donors (Lipinski definition) is 4. The quantitative estimate of drug-likeness (QED) is 0.193. The van der Waals surface area contributed by atoms with Crippen LogP contribution in [0.1, 0.15) is 69.9 Å². The van der Waals surface area contributed by atoms with Gasteiger partial charge in [-0.1, -0.05) is 94.5 Å². The fourth-order valence-electron chi connectivity index (χ4n) is 5.84. The standard InChI is InChI=1S/C34H44N4O5/c1-23(2)17-27(21-39)36-32(40)30(18-24-11-5-3-6-12-24)37-33(41)31(19-26-20-35-29-16-10-9-15-28(26)29)38-34(42)43-22-25-13-7-4-8-14-25/h4,7-10,13-16,20-21,23-24,27,30-31,35H,3,5-6,11-12,17-19,22H2,1-2H3,(H,36,40)(H,37,41)(H,38,42)/t27-,30-,31-/m0/s1. The van der Waals surface area contributed by atoms with E-state index in [1.165, 1.54) is 6.42 Å². The number of aldehydes is 1. The average Bonchev–Trinajstić information content (AvgIpc) is 3.42. The second kappa shape index (κ2) is 15.9. The summed E-state index contributed by atoms with van der Waals surface area (Å²) >= 11 is 0. The fourth-order valence-corrected chi connectivity index (χ4v) is 5.84. The van der Waals surface area contributed by atoms with Crippen LogP contribution >= 0.6 is 0 Å². The van der Waals surface area contributed by atoms with Gasteiger partial charge in [0.15, 0.2) is 0 Å². The van der Waals surface area contributed by atoms with Crippen molar-refractivity contribution in [2.75, 3.05) is 0 Å². The predicted octanol–water partition coefficient (Wildman–Crippen LogP) is 5.19. The van der Waals surface area contributed by atoms with Crippen LogP contribution in [-0.2, 0) is 32.1 Å². The van der Waals surface area contributed by atoms with Crippen LogP contribution in [0.2, 0.25) is 0 Å². The first-order valence-corrected chi connectivity index (χ1v) is 15.4. The Balaban J connectivity index is 1.52. The molecule has 3 atom stereocenters. The molecule has 1 aromatic heterocycles. The first-order chi connectivity index (χ1) is 20.8. The van der Waals surface area contributed by atoms with Gasteiger partial charge in [0, 0.05) is 23.5 Å². The van der Waals surface area contributed by atoms with Gasteiger partial charge in [-0.05, 0) is 41.9 Å². The van der Waals surface area contributed by atoms with Crippen molar-refractivity contribution < 1.29 is 23.9 Å². The molecule has 4 N–H and O–H groups in total. The lowest BCUT2D eigenvalue weighted by Crippen LogP contribution is -2.56.